The van der Waals surface area contributed by atoms with Gasteiger partial charge in [0.1, 0.15) is 0 Å². The zero-order valence-electron chi connectivity index (χ0n) is 14.0. The Morgan fingerprint density at radius 1 is 1.05 bits per heavy atom. The fourth-order valence-electron chi connectivity index (χ4n) is 2.77. The highest BCUT2D eigenvalue weighted by Crippen LogP contribution is 2.22. The van der Waals surface area contributed by atoms with E-state index in [1.165, 1.54) is 22.4 Å². The standard InChI is InChI=1S/C21H27N/c1-4-22(5-2)21-15-13-19(14-16-21)12-11-18(3)17-20-9-7-6-8-10-20/h6-13,15,17H,4-5,14,16H2,1-3H3/b12-11+,18-17+. The average molecular weight is 293 g/mol. The Labute approximate surface area is 135 Å². The van der Waals surface area contributed by atoms with Gasteiger partial charge in [0.15, 0.2) is 0 Å². The molecule has 1 heteroatoms. The lowest BCUT2D eigenvalue weighted by Crippen LogP contribution is -2.22. The van der Waals surface area contributed by atoms with E-state index in [9.17, 15) is 0 Å². The van der Waals surface area contributed by atoms with Crippen LogP contribution in [0.5, 0.6) is 0 Å². The molecule has 0 fully saturated rings. The zero-order chi connectivity index (χ0) is 15.8. The third-order valence-corrected chi connectivity index (χ3v) is 4.08. The molecule has 0 radical (unpaired) electrons. The normalized spacial score (nSPS) is 15.7. The van der Waals surface area contributed by atoms with Crippen LogP contribution >= 0.6 is 0 Å². The molecule has 1 aliphatic rings. The first-order chi connectivity index (χ1) is 10.7. The van der Waals surface area contributed by atoms with Crippen molar-refractivity contribution in [2.24, 2.45) is 0 Å². The quantitative estimate of drug-likeness (QED) is 0.618. The van der Waals surface area contributed by atoms with Gasteiger partial charge in [0, 0.05) is 18.8 Å². The first kappa shape index (κ1) is 16.4. The Bertz CT molecular complexity index is 584. The van der Waals surface area contributed by atoms with Crippen molar-refractivity contribution in [1.29, 1.82) is 0 Å². The Hall–Kier alpha value is -2.02. The third-order valence-electron chi connectivity index (χ3n) is 4.08. The molecule has 1 nitrogen and oxygen atoms in total. The summed E-state index contributed by atoms with van der Waals surface area (Å²) in [6.45, 7) is 8.80. The summed E-state index contributed by atoms with van der Waals surface area (Å²) in [7, 11) is 0. The molecule has 0 saturated carbocycles. The molecule has 0 aromatic heterocycles. The van der Waals surface area contributed by atoms with E-state index in [2.05, 4.69) is 86.4 Å². The van der Waals surface area contributed by atoms with Crippen LogP contribution in [0.25, 0.3) is 6.08 Å². The van der Waals surface area contributed by atoms with E-state index in [4.69, 9.17) is 0 Å². The van der Waals surface area contributed by atoms with Crippen molar-refractivity contribution in [3.05, 3.63) is 77.0 Å². The van der Waals surface area contributed by atoms with Gasteiger partial charge in [-0.2, -0.15) is 0 Å². The van der Waals surface area contributed by atoms with Crippen LogP contribution in [-0.4, -0.2) is 18.0 Å². The Kier molecular flexibility index (Phi) is 6.27. The third kappa shape index (κ3) is 4.77. The fraction of sp³-hybridized carbons (Fsp3) is 0.333. The number of hydrogen-bond donors (Lipinski definition) is 0. The van der Waals surface area contributed by atoms with Crippen LogP contribution in [0, 0.1) is 0 Å². The molecular weight excluding hydrogens is 266 g/mol. The van der Waals surface area contributed by atoms with E-state index in [-0.39, 0.29) is 0 Å². The molecule has 1 aromatic rings. The lowest BCUT2D eigenvalue weighted by atomic mass is 10.0. The lowest BCUT2D eigenvalue weighted by Gasteiger charge is -2.26. The van der Waals surface area contributed by atoms with Crippen LogP contribution in [0.3, 0.4) is 0 Å². The molecule has 0 bridgehead atoms. The maximum Gasteiger partial charge on any atom is 0.0146 e. The topological polar surface area (TPSA) is 3.24 Å². The van der Waals surface area contributed by atoms with Crippen LogP contribution in [0.15, 0.2) is 71.5 Å². The molecule has 0 atom stereocenters. The number of hydrogen-bond acceptors (Lipinski definition) is 1. The van der Waals surface area contributed by atoms with Crippen LogP contribution in [0.4, 0.5) is 0 Å². The predicted octanol–water partition coefficient (Wildman–Crippen LogP) is 5.59. The van der Waals surface area contributed by atoms with Crippen molar-refractivity contribution in [3.63, 3.8) is 0 Å². The summed E-state index contributed by atoms with van der Waals surface area (Å²) in [5.41, 5.74) is 5.42. The molecule has 0 aliphatic heterocycles. The number of benzene rings is 1. The monoisotopic (exact) mass is 293 g/mol. The van der Waals surface area contributed by atoms with Crippen LogP contribution < -0.4 is 0 Å². The molecule has 2 rings (SSSR count). The summed E-state index contributed by atoms with van der Waals surface area (Å²) in [5.74, 6) is 0. The smallest absolute Gasteiger partial charge is 0.0146 e. The molecule has 1 aliphatic carbocycles. The maximum atomic E-state index is 2.44. The molecule has 0 N–H and O–H groups in total. The van der Waals surface area contributed by atoms with E-state index in [1.54, 1.807) is 0 Å². The van der Waals surface area contributed by atoms with Gasteiger partial charge in [-0.1, -0.05) is 60.2 Å². The summed E-state index contributed by atoms with van der Waals surface area (Å²) in [6, 6.07) is 10.5. The van der Waals surface area contributed by atoms with E-state index in [0.29, 0.717) is 0 Å². The second-order valence-corrected chi connectivity index (χ2v) is 5.70. The summed E-state index contributed by atoms with van der Waals surface area (Å²) < 4.78 is 0. The van der Waals surface area contributed by atoms with Gasteiger partial charge >= 0.3 is 0 Å². The second-order valence-electron chi connectivity index (χ2n) is 5.70. The van der Waals surface area contributed by atoms with Crippen molar-refractivity contribution in [2.75, 3.05) is 13.1 Å². The Morgan fingerprint density at radius 3 is 2.36 bits per heavy atom. The SMILES string of the molecule is CCN(CC)C1=CC=C(/C=C/C(C)=C/c2ccccc2)CC1. The maximum absolute atomic E-state index is 2.44. The van der Waals surface area contributed by atoms with E-state index < -0.39 is 0 Å². The summed E-state index contributed by atoms with van der Waals surface area (Å²) in [6.07, 6.45) is 13.5. The molecule has 0 unspecified atom stereocenters. The van der Waals surface area contributed by atoms with Crippen molar-refractivity contribution >= 4 is 6.08 Å². The molecule has 1 aromatic carbocycles. The van der Waals surface area contributed by atoms with E-state index >= 15 is 0 Å². The lowest BCUT2D eigenvalue weighted by molar-refractivity contribution is 0.366. The van der Waals surface area contributed by atoms with Gasteiger partial charge in [-0.05, 0) is 50.8 Å². The molecular formula is C21H27N. The van der Waals surface area contributed by atoms with Crippen LogP contribution in [0.1, 0.15) is 39.2 Å². The highest BCUT2D eigenvalue weighted by atomic mass is 15.1. The van der Waals surface area contributed by atoms with Gasteiger partial charge in [-0.25, -0.2) is 0 Å². The first-order valence-electron chi connectivity index (χ1n) is 8.29. The molecule has 0 spiro atoms. The molecule has 0 amide bonds. The minimum absolute atomic E-state index is 1.10. The van der Waals surface area contributed by atoms with Gasteiger partial charge in [0.25, 0.3) is 0 Å². The highest BCUT2D eigenvalue weighted by Gasteiger charge is 2.09. The van der Waals surface area contributed by atoms with Crippen molar-refractivity contribution < 1.29 is 0 Å². The number of rotatable bonds is 6. The van der Waals surface area contributed by atoms with Crippen LogP contribution in [0.2, 0.25) is 0 Å². The average Bonchev–Trinajstić information content (AvgIpc) is 2.56. The first-order valence-corrected chi connectivity index (χ1v) is 8.29. The minimum Gasteiger partial charge on any atom is -0.375 e. The van der Waals surface area contributed by atoms with Gasteiger partial charge in [0.05, 0.1) is 0 Å². The fourth-order valence-corrected chi connectivity index (χ4v) is 2.77. The molecule has 0 heterocycles. The van der Waals surface area contributed by atoms with Crippen molar-refractivity contribution in [1.82, 2.24) is 4.90 Å². The summed E-state index contributed by atoms with van der Waals surface area (Å²) in [5, 5.41) is 0. The molecule has 0 saturated heterocycles. The van der Waals surface area contributed by atoms with Crippen molar-refractivity contribution in [2.45, 2.75) is 33.6 Å². The second kappa shape index (κ2) is 8.43. The summed E-state index contributed by atoms with van der Waals surface area (Å²) >= 11 is 0. The zero-order valence-corrected chi connectivity index (χ0v) is 14.0. The van der Waals surface area contributed by atoms with Crippen LogP contribution in [-0.2, 0) is 0 Å². The predicted molar refractivity (Wildman–Crippen MR) is 97.6 cm³/mol. The van der Waals surface area contributed by atoms with E-state index in [1.807, 2.05) is 0 Å². The molecule has 116 valence electrons. The van der Waals surface area contributed by atoms with Gasteiger partial charge in [-0.3, -0.25) is 0 Å². The van der Waals surface area contributed by atoms with Gasteiger partial charge in [0.2, 0.25) is 0 Å². The largest absolute Gasteiger partial charge is 0.375 e. The molecule has 22 heavy (non-hydrogen) atoms. The number of allylic oxidation sites excluding steroid dienone is 7. The number of nitrogens with zero attached hydrogens (tertiary/aromatic N) is 1. The van der Waals surface area contributed by atoms with Gasteiger partial charge < -0.3 is 4.90 Å². The Balaban J connectivity index is 2.01. The van der Waals surface area contributed by atoms with Crippen molar-refractivity contribution in [3.8, 4) is 0 Å². The minimum atomic E-state index is 1.10. The summed E-state index contributed by atoms with van der Waals surface area (Å²) in [4.78, 5) is 2.44. The Morgan fingerprint density at radius 2 is 1.77 bits per heavy atom. The van der Waals surface area contributed by atoms with Gasteiger partial charge in [-0.15, -0.1) is 0 Å². The highest BCUT2D eigenvalue weighted by molar-refractivity contribution is 5.55. The van der Waals surface area contributed by atoms with E-state index in [0.717, 1.165) is 25.9 Å².